The van der Waals surface area contributed by atoms with Crippen LogP contribution in [-0.4, -0.2) is 4.57 Å². The van der Waals surface area contributed by atoms with Gasteiger partial charge in [0.2, 0.25) is 0 Å². The summed E-state index contributed by atoms with van der Waals surface area (Å²) in [6.45, 7) is 4.52. The van der Waals surface area contributed by atoms with Gasteiger partial charge < -0.3 is 15.0 Å². The minimum atomic E-state index is -0.352. The molecule has 0 amide bonds. The number of ether oxygens (including phenoxy) is 1. The fourth-order valence-electron chi connectivity index (χ4n) is 2.65. The third-order valence-corrected chi connectivity index (χ3v) is 3.74. The van der Waals surface area contributed by atoms with Crippen LogP contribution >= 0.6 is 0 Å². The summed E-state index contributed by atoms with van der Waals surface area (Å²) in [6.07, 6.45) is 2.03. The normalized spacial score (nSPS) is 11.3. The highest BCUT2D eigenvalue weighted by molar-refractivity contribution is 5.93. The van der Waals surface area contributed by atoms with Gasteiger partial charge in [0.05, 0.1) is 11.2 Å². The zero-order chi connectivity index (χ0) is 15.7. The van der Waals surface area contributed by atoms with E-state index in [2.05, 4.69) is 18.4 Å². The first kappa shape index (κ1) is 14.4. The summed E-state index contributed by atoms with van der Waals surface area (Å²) >= 11 is 0. The number of nitrogen functional groups attached to an aromatic ring is 1. The molecule has 22 heavy (non-hydrogen) atoms. The van der Waals surface area contributed by atoms with Crippen molar-refractivity contribution in [2.24, 2.45) is 0 Å². The van der Waals surface area contributed by atoms with Gasteiger partial charge in [0.25, 0.3) is 0 Å². The van der Waals surface area contributed by atoms with Crippen LogP contribution in [0, 0.1) is 5.82 Å². The number of hydrogen-bond acceptors (Lipinski definition) is 2. The number of hydrogen-bond donors (Lipinski definition) is 1. The smallest absolute Gasteiger partial charge is 0.165 e. The lowest BCUT2D eigenvalue weighted by Gasteiger charge is -2.10. The zero-order valence-corrected chi connectivity index (χ0v) is 12.7. The Hall–Kier alpha value is -2.49. The molecule has 3 aromatic rings. The van der Waals surface area contributed by atoms with Crippen LogP contribution in [0.5, 0.6) is 5.75 Å². The monoisotopic (exact) mass is 298 g/mol. The lowest BCUT2D eigenvalue weighted by Crippen LogP contribution is -2.00. The summed E-state index contributed by atoms with van der Waals surface area (Å²) in [5, 5.41) is 1.05. The fourth-order valence-corrected chi connectivity index (χ4v) is 2.65. The topological polar surface area (TPSA) is 40.2 Å². The molecule has 0 aliphatic rings. The maximum atomic E-state index is 13.7. The standard InChI is InChI=1S/C18H19FN2O/c1-12(2)21-10-13(14-6-5-8-16(20)18(14)21)11-22-17-9-4-3-7-15(17)19/h3-10,12H,11,20H2,1-2H3. The summed E-state index contributed by atoms with van der Waals surface area (Å²) in [5.74, 6) is -0.0912. The molecule has 2 N–H and O–H groups in total. The minimum Gasteiger partial charge on any atom is -0.486 e. The molecule has 2 aromatic carbocycles. The third kappa shape index (κ3) is 2.52. The van der Waals surface area contributed by atoms with Crippen LogP contribution in [0.15, 0.2) is 48.7 Å². The van der Waals surface area contributed by atoms with Gasteiger partial charge in [-0.25, -0.2) is 4.39 Å². The number of benzene rings is 2. The van der Waals surface area contributed by atoms with Crippen molar-refractivity contribution < 1.29 is 9.13 Å². The van der Waals surface area contributed by atoms with E-state index in [4.69, 9.17) is 10.5 Å². The molecule has 0 atom stereocenters. The highest BCUT2D eigenvalue weighted by Gasteiger charge is 2.13. The molecule has 0 aliphatic carbocycles. The van der Waals surface area contributed by atoms with Gasteiger partial charge in [0.15, 0.2) is 11.6 Å². The first-order valence-corrected chi connectivity index (χ1v) is 7.33. The summed E-state index contributed by atoms with van der Waals surface area (Å²) in [4.78, 5) is 0. The van der Waals surface area contributed by atoms with Crippen LogP contribution in [-0.2, 0) is 6.61 Å². The molecule has 0 unspecified atom stereocenters. The van der Waals surface area contributed by atoms with Crippen molar-refractivity contribution in [1.29, 1.82) is 0 Å². The van der Waals surface area contributed by atoms with Crippen molar-refractivity contribution >= 4 is 16.6 Å². The van der Waals surface area contributed by atoms with Crippen molar-refractivity contribution in [1.82, 2.24) is 4.57 Å². The highest BCUT2D eigenvalue weighted by atomic mass is 19.1. The van der Waals surface area contributed by atoms with E-state index in [1.807, 2.05) is 24.4 Å². The Morgan fingerprint density at radius 2 is 1.91 bits per heavy atom. The Bertz CT molecular complexity index is 808. The maximum Gasteiger partial charge on any atom is 0.165 e. The fraction of sp³-hybridized carbons (Fsp3) is 0.222. The van der Waals surface area contributed by atoms with Crippen LogP contribution in [0.1, 0.15) is 25.5 Å². The Morgan fingerprint density at radius 3 is 2.64 bits per heavy atom. The van der Waals surface area contributed by atoms with Crippen LogP contribution in [0.3, 0.4) is 0 Å². The van der Waals surface area contributed by atoms with Gasteiger partial charge in [0, 0.05) is 23.2 Å². The van der Waals surface area contributed by atoms with Crippen molar-refractivity contribution in [2.75, 3.05) is 5.73 Å². The molecule has 0 aliphatic heterocycles. The Labute approximate surface area is 129 Å². The minimum absolute atomic E-state index is 0.261. The lowest BCUT2D eigenvalue weighted by molar-refractivity contribution is 0.291. The number of halogens is 1. The summed E-state index contributed by atoms with van der Waals surface area (Å²) in [7, 11) is 0. The van der Waals surface area contributed by atoms with Crippen LogP contribution in [0.4, 0.5) is 10.1 Å². The molecule has 1 aromatic heterocycles. The van der Waals surface area contributed by atoms with E-state index >= 15 is 0 Å². The SMILES string of the molecule is CC(C)n1cc(COc2ccccc2F)c2cccc(N)c21. The molecule has 3 rings (SSSR count). The highest BCUT2D eigenvalue weighted by Crippen LogP contribution is 2.30. The molecule has 3 nitrogen and oxygen atoms in total. The first-order chi connectivity index (χ1) is 10.6. The van der Waals surface area contributed by atoms with Crippen molar-refractivity contribution in [3.8, 4) is 5.75 Å². The zero-order valence-electron chi connectivity index (χ0n) is 12.7. The molecular weight excluding hydrogens is 279 g/mol. The van der Waals surface area contributed by atoms with E-state index in [-0.39, 0.29) is 17.6 Å². The number of nitrogens with zero attached hydrogens (tertiary/aromatic N) is 1. The molecular formula is C18H19FN2O. The predicted molar refractivity (Wildman–Crippen MR) is 87.5 cm³/mol. The summed E-state index contributed by atoms with van der Waals surface area (Å²) in [5.41, 5.74) is 8.86. The van der Waals surface area contributed by atoms with E-state index < -0.39 is 0 Å². The number of aromatic nitrogens is 1. The molecule has 0 bridgehead atoms. The number of para-hydroxylation sites is 2. The molecule has 0 spiro atoms. The summed E-state index contributed by atoms with van der Waals surface area (Å²) < 4.78 is 21.4. The second kappa shape index (κ2) is 5.72. The van der Waals surface area contributed by atoms with E-state index in [0.29, 0.717) is 6.61 Å². The molecule has 0 saturated carbocycles. The van der Waals surface area contributed by atoms with E-state index in [1.165, 1.54) is 6.07 Å². The van der Waals surface area contributed by atoms with Gasteiger partial charge in [-0.15, -0.1) is 0 Å². The molecule has 1 heterocycles. The van der Waals surface area contributed by atoms with Crippen LogP contribution in [0.2, 0.25) is 0 Å². The number of nitrogens with two attached hydrogens (primary N) is 1. The lowest BCUT2D eigenvalue weighted by atomic mass is 10.1. The molecule has 4 heteroatoms. The number of rotatable bonds is 4. The Kier molecular flexibility index (Phi) is 3.75. The van der Waals surface area contributed by atoms with Gasteiger partial charge in [-0.1, -0.05) is 24.3 Å². The second-order valence-corrected chi connectivity index (χ2v) is 5.62. The van der Waals surface area contributed by atoms with Gasteiger partial charge in [-0.2, -0.15) is 0 Å². The van der Waals surface area contributed by atoms with Crippen molar-refractivity contribution in [2.45, 2.75) is 26.5 Å². The molecule has 0 radical (unpaired) electrons. The number of fused-ring (bicyclic) bond motifs is 1. The van der Waals surface area contributed by atoms with Crippen LogP contribution < -0.4 is 10.5 Å². The Balaban J connectivity index is 1.98. The third-order valence-electron chi connectivity index (χ3n) is 3.74. The van der Waals surface area contributed by atoms with E-state index in [9.17, 15) is 4.39 Å². The quantitative estimate of drug-likeness (QED) is 0.719. The van der Waals surface area contributed by atoms with Gasteiger partial charge >= 0.3 is 0 Å². The Morgan fingerprint density at radius 1 is 1.14 bits per heavy atom. The van der Waals surface area contributed by atoms with Crippen molar-refractivity contribution in [3.05, 3.63) is 60.0 Å². The van der Waals surface area contributed by atoms with E-state index in [1.54, 1.807) is 18.2 Å². The average Bonchev–Trinajstić information content (AvgIpc) is 2.87. The van der Waals surface area contributed by atoms with Crippen molar-refractivity contribution in [3.63, 3.8) is 0 Å². The summed E-state index contributed by atoms with van der Waals surface area (Å²) in [6, 6.07) is 12.6. The predicted octanol–water partition coefficient (Wildman–Crippen LogP) is 4.52. The second-order valence-electron chi connectivity index (χ2n) is 5.62. The maximum absolute atomic E-state index is 13.7. The van der Waals surface area contributed by atoms with Gasteiger partial charge in [-0.05, 0) is 32.0 Å². The van der Waals surface area contributed by atoms with E-state index in [0.717, 1.165) is 22.2 Å². The van der Waals surface area contributed by atoms with Gasteiger partial charge in [-0.3, -0.25) is 0 Å². The molecule has 114 valence electrons. The van der Waals surface area contributed by atoms with Crippen LogP contribution in [0.25, 0.3) is 10.9 Å². The van der Waals surface area contributed by atoms with Gasteiger partial charge in [0.1, 0.15) is 6.61 Å². The molecule has 0 fully saturated rings. The average molecular weight is 298 g/mol. The largest absolute Gasteiger partial charge is 0.486 e. The first-order valence-electron chi connectivity index (χ1n) is 7.33. The number of anilines is 1. The molecule has 0 saturated heterocycles.